The summed E-state index contributed by atoms with van der Waals surface area (Å²) in [7, 11) is -0.995. The van der Waals surface area contributed by atoms with E-state index < -0.39 is 20.9 Å². The highest BCUT2D eigenvalue weighted by atomic mass is 32.2. The minimum atomic E-state index is -3.78. The molecular formula is C18H21N5O6S. The molecule has 0 spiro atoms. The number of morpholine rings is 1. The van der Waals surface area contributed by atoms with Crippen LogP contribution in [0, 0.1) is 10.1 Å². The van der Waals surface area contributed by atoms with Crippen molar-refractivity contribution in [1.82, 2.24) is 9.29 Å². The number of carbonyl (C=O) groups excluding carboxylic acids is 1. The van der Waals surface area contributed by atoms with Gasteiger partial charge in [0.1, 0.15) is 11.9 Å². The van der Waals surface area contributed by atoms with Gasteiger partial charge in [0.15, 0.2) is 0 Å². The molecule has 1 N–H and O–H groups in total. The summed E-state index contributed by atoms with van der Waals surface area (Å²) in [6.45, 7) is 1.98. The molecule has 1 amide bonds. The number of nitrogens with zero attached hydrogens (tertiary/aromatic N) is 4. The van der Waals surface area contributed by atoms with Gasteiger partial charge >= 0.3 is 5.69 Å². The summed E-state index contributed by atoms with van der Waals surface area (Å²) < 4.78 is 31.5. The summed E-state index contributed by atoms with van der Waals surface area (Å²) in [5.74, 6) is -0.665. The van der Waals surface area contributed by atoms with Crippen molar-refractivity contribution in [1.29, 1.82) is 0 Å². The van der Waals surface area contributed by atoms with Gasteiger partial charge in [-0.1, -0.05) is 0 Å². The minimum absolute atomic E-state index is 0.0335. The number of hydrogen-bond donors (Lipinski definition) is 1. The Hall–Kier alpha value is -3.09. The van der Waals surface area contributed by atoms with Crippen molar-refractivity contribution < 1.29 is 22.9 Å². The summed E-state index contributed by atoms with van der Waals surface area (Å²) in [6, 6.07) is 5.59. The zero-order chi connectivity index (χ0) is 21.9. The Bertz CT molecular complexity index is 1070. The number of amides is 1. The van der Waals surface area contributed by atoms with Crippen LogP contribution in [-0.4, -0.2) is 68.9 Å². The highest BCUT2D eigenvalue weighted by Crippen LogP contribution is 2.29. The van der Waals surface area contributed by atoms with Crippen LogP contribution in [0.5, 0.6) is 0 Å². The first-order valence-corrected chi connectivity index (χ1v) is 10.4. The lowest BCUT2D eigenvalue weighted by atomic mass is 10.1. The van der Waals surface area contributed by atoms with Crippen molar-refractivity contribution in [2.75, 3.05) is 50.6 Å². The SMILES string of the molecule is CN(C)S(=O)(=O)c1ccc(N2CCOCC2)c(C(=O)Nc2ccncc2[N+](=O)[O-])c1. The molecule has 12 heteroatoms. The van der Waals surface area contributed by atoms with Crippen LogP contribution in [0.3, 0.4) is 0 Å². The third-order valence-electron chi connectivity index (χ3n) is 4.59. The van der Waals surface area contributed by atoms with Crippen LogP contribution in [0.15, 0.2) is 41.6 Å². The lowest BCUT2D eigenvalue weighted by Gasteiger charge is -2.30. The second-order valence-electron chi connectivity index (χ2n) is 6.67. The Morgan fingerprint density at radius 2 is 1.97 bits per heavy atom. The monoisotopic (exact) mass is 435 g/mol. The van der Waals surface area contributed by atoms with Crippen molar-refractivity contribution in [3.8, 4) is 0 Å². The number of anilines is 2. The first-order valence-electron chi connectivity index (χ1n) is 9.01. The number of rotatable bonds is 6. The van der Waals surface area contributed by atoms with E-state index in [1.165, 1.54) is 38.5 Å². The van der Waals surface area contributed by atoms with Crippen molar-refractivity contribution in [2.24, 2.45) is 0 Å². The number of aromatic nitrogens is 1. The van der Waals surface area contributed by atoms with Gasteiger partial charge < -0.3 is 15.0 Å². The maximum Gasteiger partial charge on any atom is 0.310 e. The van der Waals surface area contributed by atoms with Gasteiger partial charge in [0.25, 0.3) is 5.91 Å². The Labute approximate surface area is 173 Å². The molecule has 30 heavy (non-hydrogen) atoms. The first kappa shape index (κ1) is 21.6. The molecule has 2 aromatic rings. The number of pyridine rings is 1. The summed E-state index contributed by atoms with van der Waals surface area (Å²) in [5, 5.41) is 13.7. The van der Waals surface area contributed by atoms with Gasteiger partial charge in [-0.15, -0.1) is 0 Å². The molecule has 1 aromatic heterocycles. The predicted molar refractivity (Wildman–Crippen MR) is 109 cm³/mol. The molecule has 2 heterocycles. The van der Waals surface area contributed by atoms with Crippen molar-refractivity contribution in [3.63, 3.8) is 0 Å². The maximum absolute atomic E-state index is 13.1. The highest BCUT2D eigenvalue weighted by molar-refractivity contribution is 7.89. The van der Waals surface area contributed by atoms with E-state index in [2.05, 4.69) is 10.3 Å². The predicted octanol–water partition coefficient (Wildman–Crippen LogP) is 1.33. The smallest absolute Gasteiger partial charge is 0.310 e. The summed E-state index contributed by atoms with van der Waals surface area (Å²) >= 11 is 0. The van der Waals surface area contributed by atoms with E-state index in [1.54, 1.807) is 6.07 Å². The van der Waals surface area contributed by atoms with Crippen molar-refractivity contribution in [3.05, 3.63) is 52.3 Å². The molecule has 0 atom stereocenters. The number of carbonyl (C=O) groups is 1. The van der Waals surface area contributed by atoms with E-state index in [1.807, 2.05) is 4.90 Å². The highest BCUT2D eigenvalue weighted by Gasteiger charge is 2.25. The van der Waals surface area contributed by atoms with E-state index in [9.17, 15) is 23.3 Å². The second-order valence-corrected chi connectivity index (χ2v) is 8.82. The van der Waals surface area contributed by atoms with Gasteiger partial charge in [-0.05, 0) is 24.3 Å². The number of benzene rings is 1. The molecule has 0 unspecified atom stereocenters. The average molecular weight is 435 g/mol. The molecule has 3 rings (SSSR count). The standard InChI is InChI=1S/C18H21N5O6S/c1-21(2)30(27,28)13-3-4-16(22-7-9-29-10-8-22)14(11-13)18(24)20-15-5-6-19-12-17(15)23(25)26/h3-6,11-12H,7-10H2,1-2H3,(H,19,20,24). The van der Waals surface area contributed by atoms with Crippen LogP contribution in [0.4, 0.5) is 17.1 Å². The van der Waals surface area contributed by atoms with Gasteiger partial charge in [0, 0.05) is 39.1 Å². The Morgan fingerprint density at radius 1 is 1.27 bits per heavy atom. The second kappa shape index (κ2) is 8.73. The number of ether oxygens (including phenoxy) is 1. The van der Waals surface area contributed by atoms with Crippen LogP contribution in [0.1, 0.15) is 10.4 Å². The molecule has 160 valence electrons. The van der Waals surface area contributed by atoms with Crippen LogP contribution in [0.25, 0.3) is 0 Å². The summed E-state index contributed by atoms with van der Waals surface area (Å²) in [6.07, 6.45) is 2.35. The van der Waals surface area contributed by atoms with E-state index in [4.69, 9.17) is 4.74 Å². The summed E-state index contributed by atoms with van der Waals surface area (Å²) in [5.41, 5.74) is 0.209. The number of nitrogens with one attached hydrogen (secondary N) is 1. The molecule has 0 saturated carbocycles. The molecule has 0 aliphatic carbocycles. The van der Waals surface area contributed by atoms with Crippen LogP contribution in [-0.2, 0) is 14.8 Å². The molecule has 1 aliphatic rings. The largest absolute Gasteiger partial charge is 0.378 e. The molecule has 0 bridgehead atoms. The summed E-state index contributed by atoms with van der Waals surface area (Å²) in [4.78, 5) is 29.2. The van der Waals surface area contributed by atoms with Gasteiger partial charge in [0.05, 0.1) is 28.6 Å². The van der Waals surface area contributed by atoms with Gasteiger partial charge in [-0.2, -0.15) is 0 Å². The minimum Gasteiger partial charge on any atom is -0.378 e. The lowest BCUT2D eigenvalue weighted by Crippen LogP contribution is -2.37. The van der Waals surface area contributed by atoms with Crippen LogP contribution in [0.2, 0.25) is 0 Å². The van der Waals surface area contributed by atoms with Crippen LogP contribution >= 0.6 is 0 Å². The first-order chi connectivity index (χ1) is 14.2. The fourth-order valence-electron chi connectivity index (χ4n) is 2.98. The fraction of sp³-hybridized carbons (Fsp3) is 0.333. The topological polar surface area (TPSA) is 135 Å². The van der Waals surface area contributed by atoms with Crippen molar-refractivity contribution >= 4 is 33.0 Å². The van der Waals surface area contributed by atoms with E-state index in [0.717, 1.165) is 10.5 Å². The van der Waals surface area contributed by atoms with Gasteiger partial charge in [-0.3, -0.25) is 19.9 Å². The molecular weight excluding hydrogens is 414 g/mol. The van der Waals surface area contributed by atoms with E-state index >= 15 is 0 Å². The fourth-order valence-corrected chi connectivity index (χ4v) is 3.90. The third kappa shape index (κ3) is 4.40. The van der Waals surface area contributed by atoms with E-state index in [0.29, 0.717) is 32.0 Å². The molecule has 0 radical (unpaired) electrons. The number of sulfonamides is 1. The van der Waals surface area contributed by atoms with Gasteiger partial charge in [-0.25, -0.2) is 12.7 Å². The number of hydrogen-bond acceptors (Lipinski definition) is 8. The number of nitro groups is 1. The molecule has 11 nitrogen and oxygen atoms in total. The zero-order valence-electron chi connectivity index (χ0n) is 16.4. The Balaban J connectivity index is 2.05. The van der Waals surface area contributed by atoms with Gasteiger partial charge in [0.2, 0.25) is 10.0 Å². The van der Waals surface area contributed by atoms with E-state index in [-0.39, 0.29) is 21.8 Å². The molecule has 1 saturated heterocycles. The quantitative estimate of drug-likeness (QED) is 0.530. The maximum atomic E-state index is 13.1. The molecule has 1 aliphatic heterocycles. The average Bonchev–Trinajstić information content (AvgIpc) is 2.74. The molecule has 1 fully saturated rings. The molecule has 1 aromatic carbocycles. The zero-order valence-corrected chi connectivity index (χ0v) is 17.3. The third-order valence-corrected chi connectivity index (χ3v) is 6.40. The normalized spacial score (nSPS) is 14.6. The van der Waals surface area contributed by atoms with Crippen LogP contribution < -0.4 is 10.2 Å². The van der Waals surface area contributed by atoms with Crippen molar-refractivity contribution in [2.45, 2.75) is 4.90 Å². The Morgan fingerprint density at radius 3 is 2.60 bits per heavy atom. The lowest BCUT2D eigenvalue weighted by molar-refractivity contribution is -0.384. The Kier molecular flexibility index (Phi) is 6.29.